The molecule has 146 valence electrons. The number of carbonyl (C=O) groups is 2. The summed E-state index contributed by atoms with van der Waals surface area (Å²) in [4.78, 5) is 27.2. The molecule has 1 atom stereocenters. The van der Waals surface area contributed by atoms with E-state index in [0.29, 0.717) is 12.1 Å². The molecule has 28 heavy (non-hydrogen) atoms. The van der Waals surface area contributed by atoms with Gasteiger partial charge in [0.15, 0.2) is 0 Å². The summed E-state index contributed by atoms with van der Waals surface area (Å²) in [5.41, 5.74) is 1.63. The van der Waals surface area contributed by atoms with Gasteiger partial charge in [-0.15, -0.1) is 0 Å². The van der Waals surface area contributed by atoms with Crippen LogP contribution in [-0.2, 0) is 16.4 Å². The summed E-state index contributed by atoms with van der Waals surface area (Å²) in [6.07, 6.45) is 2.62. The van der Waals surface area contributed by atoms with Crippen LogP contribution in [0.25, 0.3) is 0 Å². The maximum absolute atomic E-state index is 13.1. The monoisotopic (exact) mass is 398 g/mol. The first kappa shape index (κ1) is 18.7. The van der Waals surface area contributed by atoms with E-state index in [9.17, 15) is 18.0 Å². The van der Waals surface area contributed by atoms with Gasteiger partial charge < -0.3 is 4.90 Å². The molecule has 7 heteroatoms. The summed E-state index contributed by atoms with van der Waals surface area (Å²) < 4.78 is 26.1. The van der Waals surface area contributed by atoms with Gasteiger partial charge in [-0.3, -0.25) is 9.59 Å². The zero-order valence-corrected chi connectivity index (χ0v) is 16.5. The Kier molecular flexibility index (Phi) is 4.71. The highest BCUT2D eigenvalue weighted by Crippen LogP contribution is 2.32. The molecule has 2 aromatic rings. The fraction of sp³-hybridized carbons (Fsp3) is 0.333. The van der Waals surface area contributed by atoms with Gasteiger partial charge in [0.2, 0.25) is 0 Å². The summed E-state index contributed by atoms with van der Waals surface area (Å²) in [5, 5.41) is 0. The molecule has 1 fully saturated rings. The molecule has 2 heterocycles. The van der Waals surface area contributed by atoms with Crippen molar-refractivity contribution in [2.75, 3.05) is 13.1 Å². The number of nitrogens with zero attached hydrogens (tertiary/aromatic N) is 2. The van der Waals surface area contributed by atoms with E-state index in [1.54, 1.807) is 13.0 Å². The van der Waals surface area contributed by atoms with Crippen molar-refractivity contribution in [3.63, 3.8) is 0 Å². The van der Waals surface area contributed by atoms with Crippen molar-refractivity contribution in [2.45, 2.75) is 37.1 Å². The van der Waals surface area contributed by atoms with E-state index in [2.05, 4.69) is 0 Å². The normalized spacial score (nSPS) is 20.5. The van der Waals surface area contributed by atoms with E-state index in [0.717, 1.165) is 23.6 Å². The van der Waals surface area contributed by atoms with Crippen LogP contribution in [0, 0.1) is 0 Å². The molecule has 2 aromatic carbocycles. The highest BCUT2D eigenvalue weighted by molar-refractivity contribution is 7.90. The molecule has 0 saturated carbocycles. The quantitative estimate of drug-likeness (QED) is 0.794. The average Bonchev–Trinajstić information content (AvgIpc) is 3.22. The lowest BCUT2D eigenvalue weighted by molar-refractivity contribution is 0.0735. The van der Waals surface area contributed by atoms with E-state index in [-0.39, 0.29) is 29.0 Å². The molecule has 2 amide bonds. The summed E-state index contributed by atoms with van der Waals surface area (Å²) >= 11 is 0. The average molecular weight is 398 g/mol. The Balaban J connectivity index is 1.62. The molecule has 1 saturated heterocycles. The van der Waals surface area contributed by atoms with Crippen molar-refractivity contribution in [1.29, 1.82) is 0 Å². The van der Waals surface area contributed by atoms with Gasteiger partial charge in [-0.25, -0.2) is 12.7 Å². The molecule has 0 unspecified atom stereocenters. The molecule has 0 N–H and O–H groups in total. The zero-order chi connectivity index (χ0) is 19.9. The predicted octanol–water partition coefficient (Wildman–Crippen LogP) is 2.70. The molecule has 2 aliphatic heterocycles. The lowest BCUT2D eigenvalue weighted by Crippen LogP contribution is -2.36. The summed E-state index contributed by atoms with van der Waals surface area (Å²) in [6, 6.07) is 14.5. The van der Waals surface area contributed by atoms with Crippen LogP contribution in [0.5, 0.6) is 0 Å². The van der Waals surface area contributed by atoms with Gasteiger partial charge in [-0.2, -0.15) is 0 Å². The van der Waals surface area contributed by atoms with Gasteiger partial charge in [0.25, 0.3) is 21.8 Å². The largest absolute Gasteiger partial charge is 0.335 e. The lowest BCUT2D eigenvalue weighted by Gasteiger charge is -2.25. The predicted molar refractivity (Wildman–Crippen MR) is 105 cm³/mol. The number of fused-ring (bicyclic) bond motifs is 1. The molecule has 4 rings (SSSR count). The van der Waals surface area contributed by atoms with E-state index < -0.39 is 15.9 Å². The Labute approximate surface area is 164 Å². The van der Waals surface area contributed by atoms with Gasteiger partial charge >= 0.3 is 0 Å². The van der Waals surface area contributed by atoms with Crippen LogP contribution in [0.3, 0.4) is 0 Å². The van der Waals surface area contributed by atoms with Crippen LogP contribution >= 0.6 is 0 Å². The van der Waals surface area contributed by atoms with E-state index >= 15 is 0 Å². The fourth-order valence-corrected chi connectivity index (χ4v) is 5.69. The minimum atomic E-state index is -3.87. The maximum atomic E-state index is 13.1. The molecule has 0 radical (unpaired) electrons. The number of benzene rings is 2. The lowest BCUT2D eigenvalue weighted by atomic mass is 10.0. The number of hydrogen-bond donors (Lipinski definition) is 0. The smallest absolute Gasteiger partial charge is 0.268 e. The Morgan fingerprint density at radius 3 is 2.61 bits per heavy atom. The molecule has 0 spiro atoms. The zero-order valence-electron chi connectivity index (χ0n) is 15.7. The second kappa shape index (κ2) is 7.05. The number of rotatable bonds is 4. The van der Waals surface area contributed by atoms with Crippen LogP contribution in [0.4, 0.5) is 0 Å². The Morgan fingerprint density at radius 2 is 1.89 bits per heavy atom. The van der Waals surface area contributed by atoms with E-state index in [4.69, 9.17) is 0 Å². The number of hydrogen-bond acceptors (Lipinski definition) is 4. The van der Waals surface area contributed by atoms with Crippen LogP contribution in [0.2, 0.25) is 0 Å². The van der Waals surface area contributed by atoms with Crippen molar-refractivity contribution in [3.05, 3.63) is 65.2 Å². The van der Waals surface area contributed by atoms with Crippen molar-refractivity contribution in [1.82, 2.24) is 9.21 Å². The summed E-state index contributed by atoms with van der Waals surface area (Å²) in [5.74, 6) is -0.710. The summed E-state index contributed by atoms with van der Waals surface area (Å²) in [6.45, 7) is 2.34. The standard InChI is InChI=1S/C21H22N2O4S/c1-2-23-21(25)18-11-10-16(14-19(18)28(23,26)27)20(24)22-12-6-9-17(22)13-15-7-4-3-5-8-15/h3-5,7-8,10-11,14,17H,2,6,9,12-13H2,1H3/t17-/m0/s1. The molecule has 0 aromatic heterocycles. The fourth-order valence-electron chi connectivity index (χ4n) is 4.09. The third-order valence-corrected chi connectivity index (χ3v) is 7.39. The van der Waals surface area contributed by atoms with E-state index in [1.807, 2.05) is 35.2 Å². The molecule has 0 bridgehead atoms. The van der Waals surface area contributed by atoms with Gasteiger partial charge in [0.05, 0.1) is 5.56 Å². The first-order chi connectivity index (χ1) is 13.4. The second-order valence-electron chi connectivity index (χ2n) is 7.17. The Morgan fingerprint density at radius 1 is 1.14 bits per heavy atom. The van der Waals surface area contributed by atoms with Crippen LogP contribution in [0.1, 0.15) is 46.0 Å². The number of carbonyl (C=O) groups excluding carboxylic acids is 2. The Bertz CT molecular complexity index is 1030. The Hall–Kier alpha value is -2.67. The van der Waals surface area contributed by atoms with Crippen molar-refractivity contribution >= 4 is 21.8 Å². The second-order valence-corrected chi connectivity index (χ2v) is 9.00. The highest BCUT2D eigenvalue weighted by Gasteiger charge is 2.41. The van der Waals surface area contributed by atoms with Crippen LogP contribution < -0.4 is 0 Å². The number of likely N-dealkylation sites (tertiary alicyclic amines) is 1. The third-order valence-electron chi connectivity index (χ3n) is 5.49. The van der Waals surface area contributed by atoms with Crippen LogP contribution in [-0.4, -0.2) is 48.6 Å². The number of sulfonamides is 1. The van der Waals surface area contributed by atoms with Gasteiger partial charge in [0.1, 0.15) is 4.90 Å². The first-order valence-corrected chi connectivity index (χ1v) is 10.9. The van der Waals surface area contributed by atoms with Crippen molar-refractivity contribution in [3.8, 4) is 0 Å². The van der Waals surface area contributed by atoms with Gasteiger partial charge in [-0.1, -0.05) is 30.3 Å². The molecular weight excluding hydrogens is 376 g/mol. The molecule has 6 nitrogen and oxygen atoms in total. The first-order valence-electron chi connectivity index (χ1n) is 9.49. The maximum Gasteiger partial charge on any atom is 0.268 e. The SMILES string of the molecule is CCN1C(=O)c2ccc(C(=O)N3CCC[C@H]3Cc3ccccc3)cc2S1(=O)=O. The third kappa shape index (κ3) is 2.99. The number of amides is 2. The van der Waals surface area contributed by atoms with Crippen molar-refractivity contribution in [2.24, 2.45) is 0 Å². The summed E-state index contributed by atoms with van der Waals surface area (Å²) in [7, 11) is -3.87. The molecular formula is C21H22N2O4S. The topological polar surface area (TPSA) is 74.8 Å². The minimum absolute atomic E-state index is 0.0657. The van der Waals surface area contributed by atoms with Gasteiger partial charge in [-0.05, 0) is 49.9 Å². The van der Waals surface area contributed by atoms with E-state index in [1.165, 1.54) is 17.7 Å². The minimum Gasteiger partial charge on any atom is -0.335 e. The van der Waals surface area contributed by atoms with Crippen molar-refractivity contribution < 1.29 is 18.0 Å². The van der Waals surface area contributed by atoms with Gasteiger partial charge in [0, 0.05) is 24.7 Å². The van der Waals surface area contributed by atoms with Crippen LogP contribution in [0.15, 0.2) is 53.4 Å². The molecule has 2 aliphatic rings. The molecule has 0 aliphatic carbocycles. The highest BCUT2D eigenvalue weighted by atomic mass is 32.2.